The Kier molecular flexibility index (Phi) is 7.76. The Morgan fingerprint density at radius 3 is 1.96 bits per heavy atom. The Morgan fingerprint density at radius 2 is 1.43 bits per heavy atom. The van der Waals surface area contributed by atoms with Crippen molar-refractivity contribution in [3.8, 4) is 0 Å². The number of benzene rings is 2. The van der Waals surface area contributed by atoms with Crippen LogP contribution in [-0.2, 0) is 9.59 Å². The molecule has 2 aromatic rings. The van der Waals surface area contributed by atoms with Crippen LogP contribution in [0.25, 0.3) is 0 Å². The van der Waals surface area contributed by atoms with Crippen LogP contribution in [0.15, 0.2) is 60.7 Å². The lowest BCUT2D eigenvalue weighted by molar-refractivity contribution is -0.141. The number of carbonyl (C=O) groups is 4. The van der Waals surface area contributed by atoms with E-state index in [1.165, 1.54) is 6.92 Å². The van der Waals surface area contributed by atoms with Crippen molar-refractivity contribution >= 4 is 34.7 Å². The van der Waals surface area contributed by atoms with Gasteiger partial charge in [-0.25, -0.2) is 0 Å². The van der Waals surface area contributed by atoms with Gasteiger partial charge in [-0.15, -0.1) is 0 Å². The number of rotatable bonds is 8. The van der Waals surface area contributed by atoms with Crippen molar-refractivity contribution < 1.29 is 24.3 Å². The molecule has 0 heterocycles. The summed E-state index contributed by atoms with van der Waals surface area (Å²) in [5.41, 5.74) is 0.825. The number of thioether (sulfide) groups is 1. The monoisotopic (exact) mass is 400 g/mol. The van der Waals surface area contributed by atoms with E-state index in [0.717, 1.165) is 11.8 Å². The molecule has 146 valence electrons. The van der Waals surface area contributed by atoms with Crippen LogP contribution >= 0.6 is 11.8 Å². The lowest BCUT2D eigenvalue weighted by Gasteiger charge is -2.19. The largest absolute Gasteiger partial charge is 0.480 e. The van der Waals surface area contributed by atoms with Crippen LogP contribution in [0.5, 0.6) is 0 Å². The zero-order chi connectivity index (χ0) is 20.5. The predicted molar refractivity (Wildman–Crippen MR) is 106 cm³/mol. The summed E-state index contributed by atoms with van der Waals surface area (Å²) >= 11 is 0.877. The van der Waals surface area contributed by atoms with Crippen molar-refractivity contribution in [2.24, 2.45) is 0 Å². The van der Waals surface area contributed by atoms with Gasteiger partial charge < -0.3 is 15.7 Å². The molecule has 2 amide bonds. The van der Waals surface area contributed by atoms with Crippen molar-refractivity contribution in [3.63, 3.8) is 0 Å². The maximum absolute atomic E-state index is 12.5. The number of carboxylic acid groups (broad SMARTS) is 1. The minimum atomic E-state index is -1.20. The van der Waals surface area contributed by atoms with Crippen molar-refractivity contribution in [1.82, 2.24) is 10.6 Å². The van der Waals surface area contributed by atoms with E-state index in [0.29, 0.717) is 11.1 Å². The van der Waals surface area contributed by atoms with E-state index in [9.17, 15) is 19.2 Å². The second kappa shape index (κ2) is 10.3. The molecule has 0 radical (unpaired) electrons. The van der Waals surface area contributed by atoms with Crippen LogP contribution < -0.4 is 10.6 Å². The molecule has 2 aromatic carbocycles. The average Bonchev–Trinajstić information content (AvgIpc) is 2.71. The summed E-state index contributed by atoms with van der Waals surface area (Å²) in [5, 5.41) is 13.6. The molecule has 2 rings (SSSR count). The van der Waals surface area contributed by atoms with E-state index in [1.54, 1.807) is 60.7 Å². The van der Waals surface area contributed by atoms with Gasteiger partial charge in [0.05, 0.1) is 0 Å². The van der Waals surface area contributed by atoms with Crippen molar-refractivity contribution in [2.45, 2.75) is 19.0 Å². The zero-order valence-corrected chi connectivity index (χ0v) is 15.9. The second-order valence-electron chi connectivity index (χ2n) is 5.93. The molecule has 0 saturated heterocycles. The fraction of sp³-hybridized carbons (Fsp3) is 0.200. The lowest BCUT2D eigenvalue weighted by Crippen LogP contribution is -2.52. The molecular formula is C20H20N2O5S. The molecule has 2 unspecified atom stereocenters. The second-order valence-corrected chi connectivity index (χ2v) is 6.92. The summed E-state index contributed by atoms with van der Waals surface area (Å²) in [6.07, 6.45) is 0. The molecule has 0 fully saturated rings. The summed E-state index contributed by atoms with van der Waals surface area (Å²) in [6.45, 7) is 1.32. The Hall–Kier alpha value is -3.13. The van der Waals surface area contributed by atoms with E-state index >= 15 is 0 Å². The number of carbonyl (C=O) groups excluding carboxylic acids is 3. The van der Waals surface area contributed by atoms with E-state index in [-0.39, 0.29) is 10.9 Å². The average molecular weight is 400 g/mol. The molecule has 2 atom stereocenters. The van der Waals surface area contributed by atoms with Gasteiger partial charge in [0.1, 0.15) is 12.1 Å². The number of nitrogens with one attached hydrogen (secondary N) is 2. The molecule has 7 nitrogen and oxygen atoms in total. The highest BCUT2D eigenvalue weighted by atomic mass is 32.2. The van der Waals surface area contributed by atoms with Gasteiger partial charge in [0, 0.05) is 16.9 Å². The third kappa shape index (κ3) is 6.24. The summed E-state index contributed by atoms with van der Waals surface area (Å²) in [6, 6.07) is 14.6. The molecule has 0 aromatic heterocycles. The van der Waals surface area contributed by atoms with Gasteiger partial charge in [-0.05, 0) is 19.1 Å². The zero-order valence-electron chi connectivity index (χ0n) is 15.1. The molecule has 0 spiro atoms. The number of hydrogen-bond donors (Lipinski definition) is 3. The number of amides is 2. The minimum Gasteiger partial charge on any atom is -0.480 e. The summed E-state index contributed by atoms with van der Waals surface area (Å²) in [4.78, 5) is 48.1. The highest BCUT2D eigenvalue weighted by Gasteiger charge is 2.25. The lowest BCUT2D eigenvalue weighted by atomic mass is 10.2. The molecule has 0 saturated carbocycles. The van der Waals surface area contributed by atoms with E-state index in [1.807, 2.05) is 0 Å². The van der Waals surface area contributed by atoms with Gasteiger partial charge in [-0.1, -0.05) is 60.3 Å². The Balaban J connectivity index is 2.08. The Bertz CT molecular complexity index is 842. The van der Waals surface area contributed by atoms with Crippen molar-refractivity contribution in [2.75, 3.05) is 5.75 Å². The summed E-state index contributed by atoms with van der Waals surface area (Å²) < 4.78 is 0. The first-order valence-corrected chi connectivity index (χ1v) is 9.48. The number of aliphatic carboxylic acids is 1. The highest BCUT2D eigenvalue weighted by Crippen LogP contribution is 2.14. The molecule has 0 bridgehead atoms. The van der Waals surface area contributed by atoms with Crippen LogP contribution in [0.4, 0.5) is 0 Å². The van der Waals surface area contributed by atoms with Crippen LogP contribution in [0.1, 0.15) is 27.6 Å². The molecule has 0 aliphatic rings. The SMILES string of the molecule is CC(NC(=O)C(CSC(=O)c1ccccc1)NC(=O)c1ccccc1)C(=O)O. The normalized spacial score (nSPS) is 12.5. The number of carboxylic acids is 1. The number of hydrogen-bond acceptors (Lipinski definition) is 5. The Morgan fingerprint density at radius 1 is 0.893 bits per heavy atom. The summed E-state index contributed by atoms with van der Waals surface area (Å²) in [7, 11) is 0. The van der Waals surface area contributed by atoms with Crippen LogP contribution in [0, 0.1) is 0 Å². The van der Waals surface area contributed by atoms with Crippen LogP contribution in [-0.4, -0.2) is 45.8 Å². The van der Waals surface area contributed by atoms with Crippen molar-refractivity contribution in [1.29, 1.82) is 0 Å². The first-order valence-electron chi connectivity index (χ1n) is 8.49. The van der Waals surface area contributed by atoms with E-state index < -0.39 is 29.9 Å². The minimum absolute atomic E-state index is 0.0372. The fourth-order valence-electron chi connectivity index (χ4n) is 2.21. The van der Waals surface area contributed by atoms with Gasteiger partial charge in [0.25, 0.3) is 5.91 Å². The Labute approximate surface area is 166 Å². The smallest absolute Gasteiger partial charge is 0.325 e. The standard InChI is InChI=1S/C20H20N2O5S/c1-13(19(25)26)21-18(24)16(22-17(23)14-8-4-2-5-9-14)12-28-20(27)15-10-6-3-7-11-15/h2-11,13,16H,12H2,1H3,(H,21,24)(H,22,23)(H,25,26). The van der Waals surface area contributed by atoms with Gasteiger partial charge in [0.15, 0.2) is 0 Å². The molecular weight excluding hydrogens is 380 g/mol. The maximum atomic E-state index is 12.5. The molecule has 28 heavy (non-hydrogen) atoms. The first-order chi connectivity index (χ1) is 13.4. The third-order valence-electron chi connectivity index (χ3n) is 3.78. The molecule has 8 heteroatoms. The van der Waals surface area contributed by atoms with E-state index in [4.69, 9.17) is 5.11 Å². The quantitative estimate of drug-likeness (QED) is 0.624. The predicted octanol–water partition coefficient (Wildman–Crippen LogP) is 1.95. The van der Waals surface area contributed by atoms with Gasteiger partial charge in [-0.3, -0.25) is 19.2 Å². The molecule has 0 aliphatic heterocycles. The van der Waals surface area contributed by atoms with Crippen LogP contribution in [0.3, 0.4) is 0 Å². The van der Waals surface area contributed by atoms with E-state index in [2.05, 4.69) is 10.6 Å². The van der Waals surface area contributed by atoms with Gasteiger partial charge in [0.2, 0.25) is 11.0 Å². The van der Waals surface area contributed by atoms with Gasteiger partial charge >= 0.3 is 5.97 Å². The van der Waals surface area contributed by atoms with Gasteiger partial charge in [-0.2, -0.15) is 0 Å². The third-order valence-corrected chi connectivity index (χ3v) is 4.78. The van der Waals surface area contributed by atoms with Crippen molar-refractivity contribution in [3.05, 3.63) is 71.8 Å². The maximum Gasteiger partial charge on any atom is 0.325 e. The first kappa shape index (κ1) is 21.2. The van der Waals surface area contributed by atoms with Crippen LogP contribution in [0.2, 0.25) is 0 Å². The fourth-order valence-corrected chi connectivity index (χ4v) is 3.06. The highest BCUT2D eigenvalue weighted by molar-refractivity contribution is 8.14. The summed E-state index contributed by atoms with van der Waals surface area (Å²) in [5.74, 6) is -2.40. The molecule has 3 N–H and O–H groups in total. The topological polar surface area (TPSA) is 113 Å². The molecule has 0 aliphatic carbocycles.